The van der Waals surface area contributed by atoms with Crippen LogP contribution in [0.15, 0.2) is 42.5 Å². The first kappa shape index (κ1) is 14.4. The average molecular weight is 271 g/mol. The molecule has 0 aromatic heterocycles. The van der Waals surface area contributed by atoms with Gasteiger partial charge in [0.25, 0.3) is 0 Å². The van der Waals surface area contributed by atoms with E-state index in [9.17, 15) is 0 Å². The van der Waals surface area contributed by atoms with Crippen LogP contribution in [0.2, 0.25) is 0 Å². The smallest absolute Gasteiger partial charge is 0.125 e. The highest BCUT2D eigenvalue weighted by molar-refractivity contribution is 5.37. The van der Waals surface area contributed by atoms with Gasteiger partial charge in [-0.15, -0.1) is 0 Å². The number of hydrogen-bond donors (Lipinski definition) is 1. The van der Waals surface area contributed by atoms with Gasteiger partial charge in [-0.2, -0.15) is 0 Å². The van der Waals surface area contributed by atoms with E-state index in [0.29, 0.717) is 13.2 Å². The Labute approximate surface area is 120 Å². The summed E-state index contributed by atoms with van der Waals surface area (Å²) in [5.41, 5.74) is 9.01. The van der Waals surface area contributed by atoms with Crippen LogP contribution in [0.25, 0.3) is 0 Å². The summed E-state index contributed by atoms with van der Waals surface area (Å²) in [5.74, 6) is 1.71. The van der Waals surface area contributed by atoms with Gasteiger partial charge < -0.3 is 15.2 Å². The summed E-state index contributed by atoms with van der Waals surface area (Å²) in [6.07, 6.45) is 0.895. The van der Waals surface area contributed by atoms with Crippen LogP contribution in [0, 0.1) is 6.92 Å². The van der Waals surface area contributed by atoms with Crippen LogP contribution in [-0.4, -0.2) is 13.7 Å². The Morgan fingerprint density at radius 2 is 1.80 bits per heavy atom. The van der Waals surface area contributed by atoms with Crippen molar-refractivity contribution >= 4 is 0 Å². The number of rotatable bonds is 6. The van der Waals surface area contributed by atoms with Crippen molar-refractivity contribution in [3.8, 4) is 11.5 Å². The molecule has 2 aromatic rings. The minimum Gasteiger partial charge on any atom is -0.496 e. The fourth-order valence-electron chi connectivity index (χ4n) is 2.10. The summed E-state index contributed by atoms with van der Waals surface area (Å²) in [5, 5.41) is 0. The van der Waals surface area contributed by atoms with E-state index in [1.165, 1.54) is 11.1 Å². The summed E-state index contributed by atoms with van der Waals surface area (Å²) in [6, 6.07) is 14.1. The first-order chi connectivity index (χ1) is 9.72. The third kappa shape index (κ3) is 3.75. The molecule has 0 heterocycles. The van der Waals surface area contributed by atoms with Gasteiger partial charge in [0.1, 0.15) is 18.1 Å². The van der Waals surface area contributed by atoms with Gasteiger partial charge in [0.15, 0.2) is 0 Å². The van der Waals surface area contributed by atoms with Crippen molar-refractivity contribution in [2.24, 2.45) is 5.73 Å². The molecule has 0 saturated carbocycles. The molecule has 0 amide bonds. The Bertz CT molecular complexity index is 549. The molecule has 106 valence electrons. The Morgan fingerprint density at radius 3 is 2.45 bits per heavy atom. The molecule has 3 nitrogen and oxygen atoms in total. The molecule has 0 saturated heterocycles. The number of ether oxygens (including phenoxy) is 2. The zero-order chi connectivity index (χ0) is 14.4. The maximum Gasteiger partial charge on any atom is 0.125 e. The Morgan fingerprint density at radius 1 is 1.05 bits per heavy atom. The fraction of sp³-hybridized carbons (Fsp3) is 0.294. The van der Waals surface area contributed by atoms with E-state index in [4.69, 9.17) is 15.2 Å². The zero-order valence-electron chi connectivity index (χ0n) is 12.1. The Kier molecular flexibility index (Phi) is 5.02. The normalized spacial score (nSPS) is 10.3. The predicted octanol–water partition coefficient (Wildman–Crippen LogP) is 3.08. The van der Waals surface area contributed by atoms with Crippen molar-refractivity contribution in [1.29, 1.82) is 0 Å². The van der Waals surface area contributed by atoms with Crippen LogP contribution < -0.4 is 15.2 Å². The molecular weight excluding hydrogens is 250 g/mol. The molecule has 0 aliphatic heterocycles. The Balaban J connectivity index is 2.02. The second-order valence-corrected chi connectivity index (χ2v) is 4.79. The van der Waals surface area contributed by atoms with Crippen molar-refractivity contribution < 1.29 is 9.47 Å². The lowest BCUT2D eigenvalue weighted by Gasteiger charge is -2.11. The van der Waals surface area contributed by atoms with Crippen LogP contribution in [0.1, 0.15) is 16.7 Å². The quantitative estimate of drug-likeness (QED) is 0.878. The van der Waals surface area contributed by atoms with Gasteiger partial charge in [0, 0.05) is 5.56 Å². The highest BCUT2D eigenvalue weighted by Crippen LogP contribution is 2.22. The van der Waals surface area contributed by atoms with Crippen molar-refractivity contribution in [3.63, 3.8) is 0 Å². The summed E-state index contributed by atoms with van der Waals surface area (Å²) in [7, 11) is 1.68. The number of aryl methyl sites for hydroxylation is 1. The molecule has 0 atom stereocenters. The maximum atomic E-state index is 5.81. The number of benzene rings is 2. The molecule has 20 heavy (non-hydrogen) atoms. The standard InChI is InChI=1S/C17H21NO2/c1-13-3-8-17(19-2)15(11-13)12-20-16-6-4-14(5-7-16)9-10-18/h3-8,11H,9-10,12,18H2,1-2H3. The zero-order valence-corrected chi connectivity index (χ0v) is 12.1. The van der Waals surface area contributed by atoms with Gasteiger partial charge >= 0.3 is 0 Å². The minimum atomic E-state index is 0.501. The SMILES string of the molecule is COc1ccc(C)cc1COc1ccc(CCN)cc1. The van der Waals surface area contributed by atoms with E-state index in [1.54, 1.807) is 7.11 Å². The molecule has 0 fully saturated rings. The van der Waals surface area contributed by atoms with Gasteiger partial charge in [-0.3, -0.25) is 0 Å². The summed E-state index contributed by atoms with van der Waals surface area (Å²) in [6.45, 7) is 3.23. The van der Waals surface area contributed by atoms with Gasteiger partial charge in [-0.25, -0.2) is 0 Å². The van der Waals surface area contributed by atoms with Gasteiger partial charge in [-0.1, -0.05) is 23.8 Å². The molecule has 0 radical (unpaired) electrons. The van der Waals surface area contributed by atoms with Crippen LogP contribution in [0.4, 0.5) is 0 Å². The van der Waals surface area contributed by atoms with Crippen LogP contribution >= 0.6 is 0 Å². The summed E-state index contributed by atoms with van der Waals surface area (Å²) >= 11 is 0. The van der Waals surface area contributed by atoms with Crippen molar-refractivity contribution in [3.05, 3.63) is 59.2 Å². The first-order valence-corrected chi connectivity index (χ1v) is 6.78. The molecule has 2 N–H and O–H groups in total. The minimum absolute atomic E-state index is 0.501. The largest absolute Gasteiger partial charge is 0.496 e. The molecular formula is C17H21NO2. The third-order valence-electron chi connectivity index (χ3n) is 3.19. The van der Waals surface area contributed by atoms with Gasteiger partial charge in [0.2, 0.25) is 0 Å². The molecule has 0 spiro atoms. The molecule has 0 aliphatic carbocycles. The molecule has 0 aliphatic rings. The lowest BCUT2D eigenvalue weighted by atomic mass is 10.1. The highest BCUT2D eigenvalue weighted by Gasteiger charge is 2.04. The van der Waals surface area contributed by atoms with E-state index >= 15 is 0 Å². The maximum absolute atomic E-state index is 5.81. The molecule has 2 aromatic carbocycles. The molecule has 0 unspecified atom stereocenters. The van der Waals surface area contributed by atoms with Crippen molar-refractivity contribution in [1.82, 2.24) is 0 Å². The lowest BCUT2D eigenvalue weighted by molar-refractivity contribution is 0.296. The van der Waals surface area contributed by atoms with Gasteiger partial charge in [0.05, 0.1) is 7.11 Å². The summed E-state index contributed by atoms with van der Waals surface area (Å²) in [4.78, 5) is 0. The summed E-state index contributed by atoms with van der Waals surface area (Å²) < 4.78 is 11.2. The van der Waals surface area contributed by atoms with Gasteiger partial charge in [-0.05, 0) is 49.7 Å². The van der Waals surface area contributed by atoms with Crippen LogP contribution in [0.5, 0.6) is 11.5 Å². The van der Waals surface area contributed by atoms with Crippen LogP contribution in [-0.2, 0) is 13.0 Å². The molecule has 2 rings (SSSR count). The highest BCUT2D eigenvalue weighted by atomic mass is 16.5. The topological polar surface area (TPSA) is 44.5 Å². The van der Waals surface area contributed by atoms with Crippen molar-refractivity contribution in [2.45, 2.75) is 20.0 Å². The fourth-order valence-corrected chi connectivity index (χ4v) is 2.10. The monoisotopic (exact) mass is 271 g/mol. The van der Waals surface area contributed by atoms with E-state index in [-0.39, 0.29) is 0 Å². The molecule has 3 heteroatoms. The van der Waals surface area contributed by atoms with E-state index in [1.807, 2.05) is 24.3 Å². The van der Waals surface area contributed by atoms with Crippen molar-refractivity contribution in [2.75, 3.05) is 13.7 Å². The first-order valence-electron chi connectivity index (χ1n) is 6.78. The third-order valence-corrected chi connectivity index (χ3v) is 3.19. The number of methoxy groups -OCH3 is 1. The van der Waals surface area contributed by atoms with E-state index in [0.717, 1.165) is 23.5 Å². The van der Waals surface area contributed by atoms with E-state index < -0.39 is 0 Å². The lowest BCUT2D eigenvalue weighted by Crippen LogP contribution is -2.02. The molecule has 0 bridgehead atoms. The van der Waals surface area contributed by atoms with Crippen LogP contribution in [0.3, 0.4) is 0 Å². The van der Waals surface area contributed by atoms with E-state index in [2.05, 4.69) is 25.1 Å². The average Bonchev–Trinajstić information content (AvgIpc) is 2.47. The number of nitrogens with two attached hydrogens (primary N) is 1. The Hall–Kier alpha value is -2.00. The second-order valence-electron chi connectivity index (χ2n) is 4.79. The predicted molar refractivity (Wildman–Crippen MR) is 81.3 cm³/mol. The second kappa shape index (κ2) is 6.96. The number of hydrogen-bond acceptors (Lipinski definition) is 3.